The molecule has 0 aliphatic carbocycles. The first-order valence-electron chi connectivity index (χ1n) is 4.99. The van der Waals surface area contributed by atoms with Crippen LogP contribution in [0.5, 0.6) is 5.75 Å². The van der Waals surface area contributed by atoms with Crippen molar-refractivity contribution in [2.24, 2.45) is 0 Å². The third kappa shape index (κ3) is 2.95. The summed E-state index contributed by atoms with van der Waals surface area (Å²) in [6, 6.07) is 8.30. The number of methoxy groups -OCH3 is 1. The number of rotatable bonds is 2. The average molecular weight is 238 g/mol. The summed E-state index contributed by atoms with van der Waals surface area (Å²) in [4.78, 5) is 1.39. The maximum Gasteiger partial charge on any atom is 0.118 e. The molecular formula is C12H14OS2. The molecular weight excluding hydrogens is 224 g/mol. The van der Waals surface area contributed by atoms with Crippen molar-refractivity contribution in [3.63, 3.8) is 0 Å². The van der Waals surface area contributed by atoms with E-state index in [1.165, 1.54) is 28.4 Å². The number of hydrogen-bond acceptors (Lipinski definition) is 3. The molecule has 0 saturated carbocycles. The Morgan fingerprint density at radius 1 is 1.13 bits per heavy atom. The van der Waals surface area contributed by atoms with Crippen LogP contribution in [-0.2, 0) is 0 Å². The van der Waals surface area contributed by atoms with Gasteiger partial charge in [-0.25, -0.2) is 0 Å². The molecule has 3 heteroatoms. The molecule has 2 rings (SSSR count). The minimum Gasteiger partial charge on any atom is -0.497 e. The van der Waals surface area contributed by atoms with Crippen LogP contribution in [0.2, 0.25) is 0 Å². The molecule has 0 spiro atoms. The number of ether oxygens (including phenoxy) is 1. The van der Waals surface area contributed by atoms with E-state index >= 15 is 0 Å². The number of thioether (sulfide) groups is 2. The first-order chi connectivity index (χ1) is 7.40. The van der Waals surface area contributed by atoms with Gasteiger partial charge in [-0.3, -0.25) is 0 Å². The van der Waals surface area contributed by atoms with Gasteiger partial charge in [0, 0.05) is 4.91 Å². The van der Waals surface area contributed by atoms with Gasteiger partial charge in [0.2, 0.25) is 0 Å². The fourth-order valence-electron chi connectivity index (χ4n) is 1.40. The minimum atomic E-state index is 0.922. The third-order valence-corrected chi connectivity index (χ3v) is 4.46. The summed E-state index contributed by atoms with van der Waals surface area (Å²) >= 11 is 3.86. The summed E-state index contributed by atoms with van der Waals surface area (Å²) in [7, 11) is 1.70. The lowest BCUT2D eigenvalue weighted by Gasteiger charge is -2.05. The van der Waals surface area contributed by atoms with Crippen molar-refractivity contribution in [2.75, 3.05) is 18.6 Å². The zero-order valence-electron chi connectivity index (χ0n) is 8.73. The highest BCUT2D eigenvalue weighted by molar-refractivity contribution is 8.10. The maximum absolute atomic E-state index is 5.15. The van der Waals surface area contributed by atoms with Gasteiger partial charge in [0.1, 0.15) is 5.75 Å². The molecule has 1 aliphatic rings. The standard InChI is InChI=1S/C12H14OS2/c1-13-11-5-3-10(4-6-11)12-9-14-7-2-8-15-12/h3-6,9H,2,7-8H2,1H3. The van der Waals surface area contributed by atoms with Crippen molar-refractivity contribution >= 4 is 28.4 Å². The van der Waals surface area contributed by atoms with Crippen LogP contribution in [0.1, 0.15) is 12.0 Å². The molecule has 0 atom stereocenters. The summed E-state index contributed by atoms with van der Waals surface area (Å²) < 4.78 is 5.15. The van der Waals surface area contributed by atoms with Crippen molar-refractivity contribution in [1.82, 2.24) is 0 Å². The predicted molar refractivity (Wildman–Crippen MR) is 70.5 cm³/mol. The molecule has 1 aliphatic heterocycles. The Balaban J connectivity index is 2.16. The summed E-state index contributed by atoms with van der Waals surface area (Å²) in [5, 5.41) is 2.28. The van der Waals surface area contributed by atoms with E-state index < -0.39 is 0 Å². The molecule has 0 bridgehead atoms. The molecule has 0 radical (unpaired) electrons. The summed E-state index contributed by atoms with van der Waals surface area (Å²) in [5.41, 5.74) is 1.30. The molecule has 0 saturated heterocycles. The van der Waals surface area contributed by atoms with E-state index in [2.05, 4.69) is 17.5 Å². The fourth-order valence-corrected chi connectivity index (χ4v) is 3.59. The molecule has 0 fully saturated rings. The fraction of sp³-hybridized carbons (Fsp3) is 0.333. The second-order valence-electron chi connectivity index (χ2n) is 3.28. The molecule has 80 valence electrons. The molecule has 1 heterocycles. The molecule has 1 nitrogen and oxygen atoms in total. The van der Waals surface area contributed by atoms with E-state index in [1.807, 2.05) is 35.7 Å². The SMILES string of the molecule is COc1ccc(C2=CSCCCS2)cc1. The topological polar surface area (TPSA) is 9.23 Å². The number of benzene rings is 1. The monoisotopic (exact) mass is 238 g/mol. The third-order valence-electron chi connectivity index (χ3n) is 2.23. The van der Waals surface area contributed by atoms with E-state index in [1.54, 1.807) is 7.11 Å². The molecule has 0 aromatic heterocycles. The van der Waals surface area contributed by atoms with Crippen molar-refractivity contribution < 1.29 is 4.74 Å². The van der Waals surface area contributed by atoms with Crippen molar-refractivity contribution in [2.45, 2.75) is 6.42 Å². The van der Waals surface area contributed by atoms with E-state index in [4.69, 9.17) is 4.74 Å². The second kappa shape index (κ2) is 5.52. The first kappa shape index (κ1) is 11.0. The highest BCUT2D eigenvalue weighted by atomic mass is 32.2. The molecule has 1 aromatic rings. The average Bonchev–Trinajstić information content (AvgIpc) is 2.58. The van der Waals surface area contributed by atoms with Crippen molar-refractivity contribution in [3.05, 3.63) is 35.2 Å². The summed E-state index contributed by atoms with van der Waals surface area (Å²) in [6.45, 7) is 0. The van der Waals surface area contributed by atoms with Crippen LogP contribution >= 0.6 is 23.5 Å². The Hall–Kier alpha value is -0.540. The largest absolute Gasteiger partial charge is 0.497 e. The van der Waals surface area contributed by atoms with Crippen molar-refractivity contribution in [1.29, 1.82) is 0 Å². The van der Waals surface area contributed by atoms with Gasteiger partial charge in [0.25, 0.3) is 0 Å². The second-order valence-corrected chi connectivity index (χ2v) is 5.40. The maximum atomic E-state index is 5.15. The quantitative estimate of drug-likeness (QED) is 0.774. The van der Waals surface area contributed by atoms with Crippen LogP contribution in [-0.4, -0.2) is 18.6 Å². The van der Waals surface area contributed by atoms with Crippen LogP contribution in [0.4, 0.5) is 0 Å². The van der Waals surface area contributed by atoms with Crippen LogP contribution in [0.3, 0.4) is 0 Å². The van der Waals surface area contributed by atoms with Gasteiger partial charge in [-0.2, -0.15) is 0 Å². The Morgan fingerprint density at radius 3 is 2.67 bits per heavy atom. The summed E-state index contributed by atoms with van der Waals surface area (Å²) in [6.07, 6.45) is 1.30. The zero-order chi connectivity index (χ0) is 10.5. The van der Waals surface area contributed by atoms with Gasteiger partial charge in [0.05, 0.1) is 7.11 Å². The van der Waals surface area contributed by atoms with Gasteiger partial charge < -0.3 is 4.74 Å². The van der Waals surface area contributed by atoms with E-state index in [9.17, 15) is 0 Å². The lowest BCUT2D eigenvalue weighted by atomic mass is 10.2. The van der Waals surface area contributed by atoms with Gasteiger partial charge >= 0.3 is 0 Å². The molecule has 0 unspecified atom stereocenters. The number of hydrogen-bond donors (Lipinski definition) is 0. The Labute approximate surface area is 99.3 Å². The molecule has 0 amide bonds. The lowest BCUT2D eigenvalue weighted by Crippen LogP contribution is -1.84. The van der Waals surface area contributed by atoms with E-state index in [-0.39, 0.29) is 0 Å². The lowest BCUT2D eigenvalue weighted by molar-refractivity contribution is 0.415. The smallest absolute Gasteiger partial charge is 0.118 e. The summed E-state index contributed by atoms with van der Waals surface area (Å²) in [5.74, 6) is 3.39. The molecule has 15 heavy (non-hydrogen) atoms. The van der Waals surface area contributed by atoms with Crippen LogP contribution < -0.4 is 4.74 Å². The van der Waals surface area contributed by atoms with Crippen molar-refractivity contribution in [3.8, 4) is 5.75 Å². The molecule has 1 aromatic carbocycles. The van der Waals surface area contributed by atoms with Gasteiger partial charge in [0.15, 0.2) is 0 Å². The van der Waals surface area contributed by atoms with Gasteiger partial charge in [-0.1, -0.05) is 12.1 Å². The van der Waals surface area contributed by atoms with Gasteiger partial charge in [-0.05, 0) is 41.0 Å². The van der Waals surface area contributed by atoms with Gasteiger partial charge in [-0.15, -0.1) is 23.5 Å². The Kier molecular flexibility index (Phi) is 4.03. The van der Waals surface area contributed by atoms with Crippen LogP contribution in [0.25, 0.3) is 4.91 Å². The molecule has 0 N–H and O–H groups in total. The highest BCUT2D eigenvalue weighted by Gasteiger charge is 2.06. The first-order valence-corrected chi connectivity index (χ1v) is 7.02. The van der Waals surface area contributed by atoms with Crippen LogP contribution in [0, 0.1) is 0 Å². The van der Waals surface area contributed by atoms with E-state index in [0.29, 0.717) is 0 Å². The minimum absolute atomic E-state index is 0.922. The van der Waals surface area contributed by atoms with E-state index in [0.717, 1.165) is 5.75 Å². The Bertz CT molecular complexity index is 343. The zero-order valence-corrected chi connectivity index (χ0v) is 10.4. The normalized spacial score (nSPS) is 16.7. The van der Waals surface area contributed by atoms with Crippen LogP contribution in [0.15, 0.2) is 29.7 Å². The highest BCUT2D eigenvalue weighted by Crippen LogP contribution is 2.34. The Morgan fingerprint density at radius 2 is 1.93 bits per heavy atom. The predicted octanol–water partition coefficient (Wildman–Crippen LogP) is 3.86.